The number of nitrogens with zero attached hydrogens (tertiary/aromatic N) is 1. The molecule has 1 rings (SSSR count). The van der Waals surface area contributed by atoms with E-state index in [9.17, 15) is 0 Å². The second-order valence-electron chi connectivity index (χ2n) is 5.84. The smallest absolute Gasteiger partial charge is 0.661 e. The maximum absolute atomic E-state index is 4.84. The topological polar surface area (TPSA) is 14.1 Å². The van der Waals surface area contributed by atoms with Crippen molar-refractivity contribution in [3.8, 4) is 0 Å². The van der Waals surface area contributed by atoms with Gasteiger partial charge in [-0.25, -0.2) is 0 Å². The third-order valence-electron chi connectivity index (χ3n) is 3.43. The van der Waals surface area contributed by atoms with E-state index in [-0.39, 0.29) is 19.5 Å². The first-order chi connectivity index (χ1) is 10.6. The zero-order valence-corrected chi connectivity index (χ0v) is 19.1. The van der Waals surface area contributed by atoms with Gasteiger partial charge in [0.1, 0.15) is 0 Å². The molecule has 0 aromatic heterocycles. The summed E-state index contributed by atoms with van der Waals surface area (Å²) in [5.41, 5.74) is 4.96. The Hall–Kier alpha value is -0.617. The number of rotatable bonds is 8. The molecule has 0 unspecified atom stereocenters. The SMILES string of the molecule is CCC/C=C(/CCCC)[N-]c1ccc(C)cc1C.[CH2-]CCC.[Zn+2]. The van der Waals surface area contributed by atoms with Crippen LogP contribution in [0.25, 0.3) is 5.32 Å². The molecule has 0 aliphatic rings. The number of aryl methyl sites for hydroxylation is 2. The van der Waals surface area contributed by atoms with Crippen LogP contribution < -0.4 is 0 Å². The van der Waals surface area contributed by atoms with Crippen molar-refractivity contribution in [1.82, 2.24) is 0 Å². The van der Waals surface area contributed by atoms with Gasteiger partial charge in [0, 0.05) is 0 Å². The molecular weight excluding hydrogens is 332 g/mol. The Balaban J connectivity index is 0. The Morgan fingerprint density at radius 3 is 2.22 bits per heavy atom. The minimum Gasteiger partial charge on any atom is -0.661 e. The molecule has 0 N–H and O–H groups in total. The molecule has 0 fully saturated rings. The number of benzene rings is 1. The van der Waals surface area contributed by atoms with Gasteiger partial charge in [0.05, 0.1) is 0 Å². The molecular formula is C21H35NZn. The van der Waals surface area contributed by atoms with Crippen molar-refractivity contribution in [2.45, 2.75) is 79.6 Å². The van der Waals surface area contributed by atoms with Crippen molar-refractivity contribution in [1.29, 1.82) is 0 Å². The Kier molecular flexibility index (Phi) is 17.4. The van der Waals surface area contributed by atoms with Gasteiger partial charge in [-0.2, -0.15) is 12.1 Å². The van der Waals surface area contributed by atoms with Crippen molar-refractivity contribution in [2.24, 2.45) is 0 Å². The Labute approximate surface area is 158 Å². The molecule has 0 aliphatic carbocycles. The number of allylic oxidation sites excluding steroid dienone is 2. The van der Waals surface area contributed by atoms with E-state index in [1.165, 1.54) is 42.5 Å². The van der Waals surface area contributed by atoms with Crippen LogP contribution in [0.2, 0.25) is 0 Å². The van der Waals surface area contributed by atoms with E-state index in [0.29, 0.717) is 0 Å². The van der Waals surface area contributed by atoms with Crippen LogP contribution in [0.3, 0.4) is 0 Å². The van der Waals surface area contributed by atoms with E-state index in [2.05, 4.69) is 65.8 Å². The quantitative estimate of drug-likeness (QED) is 0.329. The van der Waals surface area contributed by atoms with E-state index in [1.807, 2.05) is 0 Å². The fourth-order valence-corrected chi connectivity index (χ4v) is 1.96. The van der Waals surface area contributed by atoms with Gasteiger partial charge in [-0.15, -0.1) is 11.8 Å². The van der Waals surface area contributed by atoms with E-state index < -0.39 is 0 Å². The van der Waals surface area contributed by atoms with Crippen molar-refractivity contribution < 1.29 is 19.5 Å². The van der Waals surface area contributed by atoms with Crippen molar-refractivity contribution in [3.05, 3.63) is 53.3 Å². The molecule has 1 aromatic carbocycles. The normalized spacial score (nSPS) is 10.4. The summed E-state index contributed by atoms with van der Waals surface area (Å²) in [4.78, 5) is 0. The van der Waals surface area contributed by atoms with E-state index in [1.54, 1.807) is 0 Å². The molecule has 126 valence electrons. The zero-order chi connectivity index (χ0) is 16.8. The summed E-state index contributed by atoms with van der Waals surface area (Å²) in [5, 5.41) is 4.84. The minimum absolute atomic E-state index is 0. The summed E-state index contributed by atoms with van der Waals surface area (Å²) < 4.78 is 0. The van der Waals surface area contributed by atoms with E-state index in [4.69, 9.17) is 5.32 Å². The Morgan fingerprint density at radius 2 is 1.74 bits per heavy atom. The van der Waals surface area contributed by atoms with Crippen molar-refractivity contribution in [2.75, 3.05) is 0 Å². The number of unbranched alkanes of at least 4 members (excludes halogenated alkanes) is 3. The predicted octanol–water partition coefficient (Wildman–Crippen LogP) is 7.80. The van der Waals surface area contributed by atoms with Crippen LogP contribution in [-0.4, -0.2) is 0 Å². The molecule has 0 bridgehead atoms. The molecule has 2 heteroatoms. The Morgan fingerprint density at radius 1 is 1.09 bits per heavy atom. The van der Waals surface area contributed by atoms with Crippen LogP contribution in [-0.2, 0) is 19.5 Å². The fourth-order valence-electron chi connectivity index (χ4n) is 1.96. The van der Waals surface area contributed by atoms with Crippen LogP contribution in [0.1, 0.15) is 76.8 Å². The minimum atomic E-state index is 0. The molecule has 0 saturated heterocycles. The first-order valence-electron chi connectivity index (χ1n) is 8.86. The summed E-state index contributed by atoms with van der Waals surface area (Å²) in [6.07, 6.45) is 10.5. The largest absolute Gasteiger partial charge is 2.00 e. The van der Waals surface area contributed by atoms with Crippen LogP contribution in [0.5, 0.6) is 0 Å². The van der Waals surface area contributed by atoms with Crippen molar-refractivity contribution >= 4 is 5.69 Å². The predicted molar refractivity (Wildman–Crippen MR) is 102 cm³/mol. The second kappa shape index (κ2) is 16.2. The number of hydrogen-bond donors (Lipinski definition) is 0. The van der Waals surface area contributed by atoms with Crippen LogP contribution in [0, 0.1) is 20.8 Å². The zero-order valence-electron chi connectivity index (χ0n) is 16.1. The molecule has 0 radical (unpaired) electrons. The first-order valence-corrected chi connectivity index (χ1v) is 8.86. The standard InChI is InChI=1S/C17H26N.C4H9.Zn/c1-5-7-9-16(10-8-6-2)18-17-12-11-14(3)13-15(17)4;1-3-4-2;/h9,11-13H,5-8,10H2,1-4H3;1,3-4H2,2H3;/q2*-1;+2/b16-9-;;. The van der Waals surface area contributed by atoms with Gasteiger partial charge in [-0.1, -0.05) is 75.8 Å². The summed E-state index contributed by atoms with van der Waals surface area (Å²) >= 11 is 0. The average Bonchev–Trinajstić information content (AvgIpc) is 2.52. The molecule has 0 saturated carbocycles. The summed E-state index contributed by atoms with van der Waals surface area (Å²) in [6, 6.07) is 6.48. The van der Waals surface area contributed by atoms with Gasteiger partial charge in [0.2, 0.25) is 0 Å². The molecule has 1 aromatic rings. The van der Waals surface area contributed by atoms with Crippen LogP contribution in [0.4, 0.5) is 5.69 Å². The molecule has 0 aliphatic heterocycles. The van der Waals surface area contributed by atoms with Gasteiger partial charge < -0.3 is 12.2 Å². The van der Waals surface area contributed by atoms with Gasteiger partial charge in [0.15, 0.2) is 0 Å². The number of hydrogen-bond acceptors (Lipinski definition) is 0. The van der Waals surface area contributed by atoms with Crippen LogP contribution >= 0.6 is 0 Å². The summed E-state index contributed by atoms with van der Waals surface area (Å²) in [6.45, 7) is 14.4. The second-order valence-corrected chi connectivity index (χ2v) is 5.84. The van der Waals surface area contributed by atoms with Crippen LogP contribution in [0.15, 0.2) is 30.0 Å². The van der Waals surface area contributed by atoms with Gasteiger partial charge in [-0.05, 0) is 26.7 Å². The van der Waals surface area contributed by atoms with E-state index >= 15 is 0 Å². The Bertz CT molecular complexity index is 422. The van der Waals surface area contributed by atoms with Crippen molar-refractivity contribution in [3.63, 3.8) is 0 Å². The van der Waals surface area contributed by atoms with E-state index in [0.717, 1.165) is 24.9 Å². The summed E-state index contributed by atoms with van der Waals surface area (Å²) in [5.74, 6) is 0. The maximum atomic E-state index is 4.84. The third kappa shape index (κ3) is 12.5. The molecule has 0 spiro atoms. The first kappa shape index (κ1) is 24.6. The molecule has 0 heterocycles. The molecule has 0 amide bonds. The van der Waals surface area contributed by atoms with Gasteiger partial charge in [0.25, 0.3) is 0 Å². The molecule has 1 nitrogen and oxygen atoms in total. The van der Waals surface area contributed by atoms with Gasteiger partial charge >= 0.3 is 19.5 Å². The maximum Gasteiger partial charge on any atom is 2.00 e. The van der Waals surface area contributed by atoms with Gasteiger partial charge in [-0.3, -0.25) is 0 Å². The third-order valence-corrected chi connectivity index (χ3v) is 3.43. The fraction of sp³-hybridized carbons (Fsp3) is 0.571. The molecule has 0 atom stereocenters. The monoisotopic (exact) mass is 365 g/mol. The molecule has 23 heavy (non-hydrogen) atoms. The summed E-state index contributed by atoms with van der Waals surface area (Å²) in [7, 11) is 0. The average molecular weight is 367 g/mol.